The van der Waals surface area contributed by atoms with Crippen molar-refractivity contribution in [3.8, 4) is 11.5 Å². The van der Waals surface area contributed by atoms with Crippen molar-refractivity contribution in [1.29, 1.82) is 0 Å². The number of hydrogen-bond acceptors (Lipinski definition) is 5. The molecular formula is C13H16O5. The number of ketones is 1. The minimum atomic E-state index is -0.383. The van der Waals surface area contributed by atoms with Gasteiger partial charge in [-0.05, 0) is 19.1 Å². The molecule has 0 saturated carbocycles. The summed E-state index contributed by atoms with van der Waals surface area (Å²) >= 11 is 0. The van der Waals surface area contributed by atoms with Crippen LogP contribution in [0, 0.1) is 0 Å². The highest BCUT2D eigenvalue weighted by molar-refractivity contribution is 5.97. The van der Waals surface area contributed by atoms with Gasteiger partial charge in [0.2, 0.25) is 0 Å². The number of benzene rings is 1. The molecule has 98 valence electrons. The quantitative estimate of drug-likeness (QED) is 0.588. The van der Waals surface area contributed by atoms with E-state index >= 15 is 0 Å². The lowest BCUT2D eigenvalue weighted by atomic mass is 10.0. The van der Waals surface area contributed by atoms with Crippen LogP contribution < -0.4 is 9.47 Å². The van der Waals surface area contributed by atoms with Gasteiger partial charge in [0.1, 0.15) is 11.5 Å². The van der Waals surface area contributed by atoms with E-state index in [-0.39, 0.29) is 18.2 Å². The van der Waals surface area contributed by atoms with Gasteiger partial charge in [-0.3, -0.25) is 9.59 Å². The number of carbonyl (C=O) groups is 2. The van der Waals surface area contributed by atoms with Gasteiger partial charge in [-0.15, -0.1) is 0 Å². The van der Waals surface area contributed by atoms with Gasteiger partial charge in [-0.2, -0.15) is 0 Å². The lowest BCUT2D eigenvalue weighted by Gasteiger charge is -2.12. The van der Waals surface area contributed by atoms with Gasteiger partial charge in [-0.25, -0.2) is 0 Å². The normalized spacial score (nSPS) is 9.78. The Hall–Kier alpha value is -2.04. The summed E-state index contributed by atoms with van der Waals surface area (Å²) in [6.07, 6.45) is 0.0637. The van der Waals surface area contributed by atoms with E-state index in [1.807, 2.05) is 0 Å². The molecule has 0 amide bonds. The Kier molecular flexibility index (Phi) is 4.71. The maximum absolute atomic E-state index is 11.5. The van der Waals surface area contributed by atoms with E-state index in [1.54, 1.807) is 12.1 Å². The van der Waals surface area contributed by atoms with Crippen molar-refractivity contribution in [1.82, 2.24) is 0 Å². The zero-order valence-electron chi connectivity index (χ0n) is 10.9. The van der Waals surface area contributed by atoms with Crippen LogP contribution in [0.1, 0.15) is 22.8 Å². The number of Topliss-reactive ketones (excluding diaryl/α,β-unsaturated/α-hetero) is 1. The first kappa shape index (κ1) is 14.0. The molecule has 0 N–H and O–H groups in total. The van der Waals surface area contributed by atoms with Crippen molar-refractivity contribution < 1.29 is 23.8 Å². The monoisotopic (exact) mass is 252 g/mol. The van der Waals surface area contributed by atoms with E-state index in [0.717, 1.165) is 0 Å². The average molecular weight is 252 g/mol. The molecule has 0 aliphatic rings. The van der Waals surface area contributed by atoms with Crippen molar-refractivity contribution >= 4 is 11.8 Å². The predicted octanol–water partition coefficient (Wildman–Crippen LogP) is 1.62. The zero-order chi connectivity index (χ0) is 13.7. The molecule has 0 fully saturated rings. The molecule has 0 aliphatic heterocycles. The van der Waals surface area contributed by atoms with Crippen molar-refractivity contribution in [2.24, 2.45) is 0 Å². The fourth-order valence-electron chi connectivity index (χ4n) is 1.60. The number of rotatable bonds is 5. The molecule has 18 heavy (non-hydrogen) atoms. The van der Waals surface area contributed by atoms with Gasteiger partial charge >= 0.3 is 5.97 Å². The third-order valence-electron chi connectivity index (χ3n) is 2.54. The van der Waals surface area contributed by atoms with Crippen molar-refractivity contribution in [3.05, 3.63) is 23.3 Å². The molecule has 1 rings (SSSR count). The number of carbonyl (C=O) groups excluding carboxylic acids is 2. The van der Waals surface area contributed by atoms with Gasteiger partial charge in [-0.1, -0.05) is 0 Å². The molecule has 1 aromatic carbocycles. The second-order valence-electron chi connectivity index (χ2n) is 3.67. The maximum atomic E-state index is 11.5. The van der Waals surface area contributed by atoms with Gasteiger partial charge < -0.3 is 14.2 Å². The van der Waals surface area contributed by atoms with Crippen LogP contribution in [0.4, 0.5) is 0 Å². The molecule has 0 atom stereocenters. The summed E-state index contributed by atoms with van der Waals surface area (Å²) in [6.45, 7) is 1.44. The first-order chi connectivity index (χ1) is 8.53. The smallest absolute Gasteiger partial charge is 0.310 e. The van der Waals surface area contributed by atoms with E-state index in [1.165, 1.54) is 28.3 Å². The van der Waals surface area contributed by atoms with E-state index in [4.69, 9.17) is 9.47 Å². The van der Waals surface area contributed by atoms with Gasteiger partial charge in [0.25, 0.3) is 0 Å². The Morgan fingerprint density at radius 3 is 2.11 bits per heavy atom. The summed E-state index contributed by atoms with van der Waals surface area (Å²) in [7, 11) is 4.26. The van der Waals surface area contributed by atoms with Crippen LogP contribution in [-0.2, 0) is 16.0 Å². The van der Waals surface area contributed by atoms with E-state index in [9.17, 15) is 9.59 Å². The molecule has 1 aromatic rings. The number of ether oxygens (including phenoxy) is 3. The van der Waals surface area contributed by atoms with Gasteiger partial charge in [0.15, 0.2) is 5.78 Å². The van der Waals surface area contributed by atoms with Crippen LogP contribution >= 0.6 is 0 Å². The van der Waals surface area contributed by atoms with Crippen LogP contribution in [0.25, 0.3) is 0 Å². The summed E-state index contributed by atoms with van der Waals surface area (Å²) < 4.78 is 14.9. The van der Waals surface area contributed by atoms with E-state index < -0.39 is 0 Å². The fourth-order valence-corrected chi connectivity index (χ4v) is 1.60. The Morgan fingerprint density at radius 2 is 1.67 bits per heavy atom. The molecule has 0 bridgehead atoms. The first-order valence-electron chi connectivity index (χ1n) is 5.36. The average Bonchev–Trinajstić information content (AvgIpc) is 2.37. The largest absolute Gasteiger partial charge is 0.496 e. The predicted molar refractivity (Wildman–Crippen MR) is 65.3 cm³/mol. The maximum Gasteiger partial charge on any atom is 0.310 e. The SMILES string of the molecule is COC(=O)Cc1cc(OC)c(C(C)=O)cc1OC. The van der Waals surface area contributed by atoms with E-state index in [0.29, 0.717) is 22.6 Å². The van der Waals surface area contributed by atoms with Gasteiger partial charge in [0, 0.05) is 5.56 Å². The minimum Gasteiger partial charge on any atom is -0.496 e. The summed E-state index contributed by atoms with van der Waals surface area (Å²) in [4.78, 5) is 22.7. The van der Waals surface area contributed by atoms with Crippen LogP contribution in [0.3, 0.4) is 0 Å². The molecule has 0 aliphatic carbocycles. The molecule has 5 nitrogen and oxygen atoms in total. The van der Waals surface area contributed by atoms with Crippen molar-refractivity contribution in [3.63, 3.8) is 0 Å². The Balaban J connectivity index is 3.26. The van der Waals surface area contributed by atoms with Crippen LogP contribution in [0.5, 0.6) is 11.5 Å². The zero-order valence-corrected chi connectivity index (χ0v) is 10.9. The molecule has 0 heterocycles. The number of esters is 1. The second kappa shape index (κ2) is 6.05. The molecule has 0 aromatic heterocycles. The summed E-state index contributed by atoms with van der Waals surface area (Å²) in [5.41, 5.74) is 1.04. The lowest BCUT2D eigenvalue weighted by molar-refractivity contribution is -0.139. The molecule has 0 saturated heterocycles. The first-order valence-corrected chi connectivity index (χ1v) is 5.36. The standard InChI is InChI=1S/C13H16O5/c1-8(14)10-7-11(16-2)9(5-12(10)17-3)6-13(15)18-4/h5,7H,6H2,1-4H3. The van der Waals surface area contributed by atoms with Crippen LogP contribution in [0.2, 0.25) is 0 Å². The number of methoxy groups -OCH3 is 3. The Labute approximate surface area is 106 Å². The third kappa shape index (κ3) is 3.00. The highest BCUT2D eigenvalue weighted by atomic mass is 16.5. The van der Waals surface area contributed by atoms with Gasteiger partial charge in [0.05, 0.1) is 33.3 Å². The fraction of sp³-hybridized carbons (Fsp3) is 0.385. The Morgan fingerprint density at radius 1 is 1.06 bits per heavy atom. The Bertz CT molecular complexity index is 465. The molecule has 0 spiro atoms. The minimum absolute atomic E-state index is 0.0637. The molecule has 5 heteroatoms. The highest BCUT2D eigenvalue weighted by Gasteiger charge is 2.16. The van der Waals surface area contributed by atoms with Crippen LogP contribution in [-0.4, -0.2) is 33.1 Å². The van der Waals surface area contributed by atoms with Crippen molar-refractivity contribution in [2.45, 2.75) is 13.3 Å². The summed E-state index contributed by atoms with van der Waals surface area (Å²) in [5.74, 6) is 0.370. The number of hydrogen-bond donors (Lipinski definition) is 0. The van der Waals surface area contributed by atoms with E-state index in [2.05, 4.69) is 4.74 Å². The highest BCUT2D eigenvalue weighted by Crippen LogP contribution is 2.29. The summed E-state index contributed by atoms with van der Waals surface area (Å²) in [6, 6.07) is 3.19. The summed E-state index contributed by atoms with van der Waals surface area (Å²) in [5, 5.41) is 0. The molecule has 0 radical (unpaired) electrons. The topological polar surface area (TPSA) is 61.8 Å². The van der Waals surface area contributed by atoms with Crippen LogP contribution in [0.15, 0.2) is 12.1 Å². The molecular weight excluding hydrogens is 236 g/mol. The lowest BCUT2D eigenvalue weighted by Crippen LogP contribution is -2.08. The molecule has 0 unspecified atom stereocenters. The third-order valence-corrected chi connectivity index (χ3v) is 2.54. The van der Waals surface area contributed by atoms with Crippen molar-refractivity contribution in [2.75, 3.05) is 21.3 Å². The second-order valence-corrected chi connectivity index (χ2v) is 3.67.